The Kier molecular flexibility index (Phi) is 4.99. The Labute approximate surface area is 119 Å². The molecular weight excluding hydrogens is 264 g/mol. The first kappa shape index (κ1) is 14.5. The van der Waals surface area contributed by atoms with Crippen molar-refractivity contribution < 1.29 is 9.53 Å². The van der Waals surface area contributed by atoms with E-state index in [0.29, 0.717) is 18.0 Å². The van der Waals surface area contributed by atoms with E-state index < -0.39 is 0 Å². The van der Waals surface area contributed by atoms with Gasteiger partial charge in [0.15, 0.2) is 0 Å². The van der Waals surface area contributed by atoms with E-state index in [2.05, 4.69) is 5.10 Å². The van der Waals surface area contributed by atoms with Crippen LogP contribution in [-0.4, -0.2) is 28.3 Å². The third kappa shape index (κ3) is 3.80. The largest absolute Gasteiger partial charge is 0.378 e. The molecule has 0 radical (unpaired) electrons. The van der Waals surface area contributed by atoms with Crippen molar-refractivity contribution in [3.05, 3.63) is 16.4 Å². The summed E-state index contributed by atoms with van der Waals surface area (Å²) in [5, 5.41) is 4.79. The van der Waals surface area contributed by atoms with Gasteiger partial charge in [-0.2, -0.15) is 5.10 Å². The lowest BCUT2D eigenvalue weighted by Gasteiger charge is -2.22. The Hall–Kier alpha value is -0.870. The summed E-state index contributed by atoms with van der Waals surface area (Å²) in [6.07, 6.45) is 5.49. The predicted octanol–water partition coefficient (Wildman–Crippen LogP) is 2.84. The molecule has 2 heterocycles. The molecule has 0 aromatic carbocycles. The number of carbonyl (C=O) groups excluding carboxylic acids is 1. The van der Waals surface area contributed by atoms with Crippen LogP contribution >= 0.6 is 11.6 Å². The van der Waals surface area contributed by atoms with E-state index in [1.807, 2.05) is 6.92 Å². The maximum atomic E-state index is 12.0. The molecule has 0 spiro atoms. The van der Waals surface area contributed by atoms with Crippen LogP contribution in [-0.2, 0) is 23.0 Å². The number of halogens is 1. The summed E-state index contributed by atoms with van der Waals surface area (Å²) >= 11 is 6.13. The molecule has 1 saturated heterocycles. The van der Waals surface area contributed by atoms with E-state index in [1.165, 1.54) is 6.42 Å². The topological polar surface area (TPSA) is 44.1 Å². The monoisotopic (exact) mass is 284 g/mol. The van der Waals surface area contributed by atoms with Gasteiger partial charge < -0.3 is 4.74 Å². The van der Waals surface area contributed by atoms with Gasteiger partial charge in [0.25, 0.3) is 0 Å². The lowest BCUT2D eigenvalue weighted by Crippen LogP contribution is -2.20. The number of hydrogen-bond acceptors (Lipinski definition) is 3. The molecule has 2 rings (SSSR count). The molecule has 0 bridgehead atoms. The smallest absolute Gasteiger partial charge is 0.137 e. The maximum Gasteiger partial charge on any atom is 0.137 e. The quantitative estimate of drug-likeness (QED) is 0.835. The van der Waals surface area contributed by atoms with Gasteiger partial charge in [-0.3, -0.25) is 9.48 Å². The zero-order valence-corrected chi connectivity index (χ0v) is 12.4. The average Bonchev–Trinajstić information content (AvgIpc) is 2.64. The molecule has 1 fully saturated rings. The van der Waals surface area contributed by atoms with Crippen molar-refractivity contribution in [2.75, 3.05) is 6.61 Å². The minimum atomic E-state index is 0.215. The van der Waals surface area contributed by atoms with E-state index in [1.54, 1.807) is 11.7 Å². The molecule has 5 heteroatoms. The van der Waals surface area contributed by atoms with Gasteiger partial charge in [0, 0.05) is 32.1 Å². The molecule has 0 aliphatic carbocycles. The summed E-state index contributed by atoms with van der Waals surface area (Å²) in [6.45, 7) is 2.73. The van der Waals surface area contributed by atoms with Gasteiger partial charge in [-0.1, -0.05) is 11.6 Å². The van der Waals surface area contributed by atoms with Crippen LogP contribution in [0.1, 0.15) is 43.4 Å². The predicted molar refractivity (Wildman–Crippen MR) is 74.5 cm³/mol. The number of hydrogen-bond donors (Lipinski definition) is 0. The molecule has 106 valence electrons. The van der Waals surface area contributed by atoms with Crippen LogP contribution in [0.5, 0.6) is 0 Å². The molecule has 4 nitrogen and oxygen atoms in total. The van der Waals surface area contributed by atoms with E-state index in [9.17, 15) is 4.79 Å². The Morgan fingerprint density at radius 2 is 2.32 bits per heavy atom. The van der Waals surface area contributed by atoms with Gasteiger partial charge in [0.1, 0.15) is 10.9 Å². The summed E-state index contributed by atoms with van der Waals surface area (Å²) in [7, 11) is 1.79. The van der Waals surface area contributed by atoms with Crippen molar-refractivity contribution in [3.8, 4) is 0 Å². The van der Waals surface area contributed by atoms with Gasteiger partial charge >= 0.3 is 0 Å². The van der Waals surface area contributed by atoms with Crippen molar-refractivity contribution in [2.24, 2.45) is 7.05 Å². The third-order valence-corrected chi connectivity index (χ3v) is 4.14. The number of nitrogens with zero attached hydrogens (tertiary/aromatic N) is 2. The lowest BCUT2D eigenvalue weighted by molar-refractivity contribution is -0.119. The van der Waals surface area contributed by atoms with E-state index in [0.717, 1.165) is 37.1 Å². The minimum Gasteiger partial charge on any atom is -0.378 e. The van der Waals surface area contributed by atoms with Crippen LogP contribution in [0.4, 0.5) is 0 Å². The second kappa shape index (κ2) is 6.53. The summed E-state index contributed by atoms with van der Waals surface area (Å²) in [5.74, 6) is 0.215. The second-order valence-corrected chi connectivity index (χ2v) is 5.58. The molecular formula is C14H21ClN2O2. The molecule has 1 aromatic heterocycles. The van der Waals surface area contributed by atoms with Crippen molar-refractivity contribution in [1.82, 2.24) is 9.78 Å². The standard InChI is InChI=1S/C14H21ClN2O2/c1-10-13(14(15)17(2)16-10)9-11(18)6-7-12-5-3-4-8-19-12/h12H,3-9H2,1-2H3. The molecule has 0 amide bonds. The van der Waals surface area contributed by atoms with Gasteiger partial charge in [-0.15, -0.1) is 0 Å². The Morgan fingerprint density at radius 3 is 2.89 bits per heavy atom. The molecule has 0 N–H and O–H groups in total. The highest BCUT2D eigenvalue weighted by atomic mass is 35.5. The van der Waals surface area contributed by atoms with Crippen LogP contribution < -0.4 is 0 Å². The zero-order valence-electron chi connectivity index (χ0n) is 11.6. The summed E-state index contributed by atoms with van der Waals surface area (Å²) in [5.41, 5.74) is 1.70. The minimum absolute atomic E-state index is 0.215. The first-order valence-corrected chi connectivity index (χ1v) is 7.27. The summed E-state index contributed by atoms with van der Waals surface area (Å²) in [4.78, 5) is 12.0. The highest BCUT2D eigenvalue weighted by molar-refractivity contribution is 6.30. The number of carbonyl (C=O) groups is 1. The highest BCUT2D eigenvalue weighted by Crippen LogP contribution is 2.21. The van der Waals surface area contributed by atoms with Gasteiger partial charge in [0.05, 0.1) is 11.8 Å². The zero-order chi connectivity index (χ0) is 13.8. The van der Waals surface area contributed by atoms with Crippen LogP contribution in [0, 0.1) is 6.92 Å². The first-order valence-electron chi connectivity index (χ1n) is 6.89. The fourth-order valence-electron chi connectivity index (χ4n) is 2.52. The number of aromatic nitrogens is 2. The van der Waals surface area contributed by atoms with E-state index in [4.69, 9.17) is 16.3 Å². The van der Waals surface area contributed by atoms with Crippen molar-refractivity contribution >= 4 is 17.4 Å². The lowest BCUT2D eigenvalue weighted by atomic mass is 10.0. The normalized spacial score (nSPS) is 19.6. The van der Waals surface area contributed by atoms with Crippen LogP contribution in [0.2, 0.25) is 5.15 Å². The third-order valence-electron chi connectivity index (χ3n) is 3.66. The van der Waals surface area contributed by atoms with Crippen LogP contribution in [0.25, 0.3) is 0 Å². The summed E-state index contributed by atoms with van der Waals surface area (Å²) in [6, 6.07) is 0. The Morgan fingerprint density at radius 1 is 1.53 bits per heavy atom. The van der Waals surface area contributed by atoms with Gasteiger partial charge in [-0.05, 0) is 32.6 Å². The maximum absolute atomic E-state index is 12.0. The second-order valence-electron chi connectivity index (χ2n) is 5.22. The summed E-state index contributed by atoms with van der Waals surface area (Å²) < 4.78 is 7.25. The van der Waals surface area contributed by atoms with Crippen LogP contribution in [0.15, 0.2) is 0 Å². The average molecular weight is 285 g/mol. The van der Waals surface area contributed by atoms with Gasteiger partial charge in [0.2, 0.25) is 0 Å². The Balaban J connectivity index is 1.83. The van der Waals surface area contributed by atoms with Crippen LogP contribution in [0.3, 0.4) is 0 Å². The molecule has 1 aliphatic heterocycles. The SMILES string of the molecule is Cc1nn(C)c(Cl)c1CC(=O)CCC1CCCCO1. The number of rotatable bonds is 5. The number of aryl methyl sites for hydroxylation is 2. The van der Waals surface area contributed by atoms with E-state index in [-0.39, 0.29) is 11.9 Å². The fraction of sp³-hybridized carbons (Fsp3) is 0.714. The number of ether oxygens (including phenoxy) is 1. The molecule has 19 heavy (non-hydrogen) atoms. The number of Topliss-reactive ketones (excluding diaryl/α,β-unsaturated/α-hetero) is 1. The molecule has 0 saturated carbocycles. The number of ketones is 1. The highest BCUT2D eigenvalue weighted by Gasteiger charge is 2.18. The van der Waals surface area contributed by atoms with Crippen molar-refractivity contribution in [3.63, 3.8) is 0 Å². The first-order chi connectivity index (χ1) is 9.08. The molecule has 1 unspecified atom stereocenters. The molecule has 1 aliphatic rings. The van der Waals surface area contributed by atoms with Gasteiger partial charge in [-0.25, -0.2) is 0 Å². The van der Waals surface area contributed by atoms with Crippen molar-refractivity contribution in [2.45, 2.75) is 51.6 Å². The molecule has 1 aromatic rings. The fourth-order valence-corrected chi connectivity index (χ4v) is 2.76. The van der Waals surface area contributed by atoms with E-state index >= 15 is 0 Å². The molecule has 1 atom stereocenters. The van der Waals surface area contributed by atoms with Crippen molar-refractivity contribution in [1.29, 1.82) is 0 Å². The Bertz CT molecular complexity index is 451.